The first-order chi connectivity index (χ1) is 17.4. The second-order valence-corrected chi connectivity index (χ2v) is 8.11. The second-order valence-electron chi connectivity index (χ2n) is 8.11. The normalized spacial score (nSPS) is 11.4. The van der Waals surface area contributed by atoms with Crippen LogP contribution in [0.1, 0.15) is 28.1 Å². The molecule has 0 saturated carbocycles. The van der Waals surface area contributed by atoms with Crippen LogP contribution in [0.25, 0.3) is 17.4 Å². The summed E-state index contributed by atoms with van der Waals surface area (Å²) in [5, 5.41) is 5.42. The first-order valence-corrected chi connectivity index (χ1v) is 11.3. The number of nitrogens with zero attached hydrogens (tertiary/aromatic N) is 2. The zero-order chi connectivity index (χ0) is 25.5. The van der Waals surface area contributed by atoms with Crippen LogP contribution in [0.2, 0.25) is 0 Å². The molecule has 0 aliphatic rings. The lowest BCUT2D eigenvalue weighted by atomic mass is 10.1. The highest BCUT2D eigenvalue weighted by Gasteiger charge is 2.16. The van der Waals surface area contributed by atoms with Gasteiger partial charge in [-0.05, 0) is 49.7 Å². The highest BCUT2D eigenvalue weighted by Crippen LogP contribution is 2.26. The van der Waals surface area contributed by atoms with Crippen LogP contribution in [-0.2, 0) is 11.3 Å². The van der Waals surface area contributed by atoms with Crippen molar-refractivity contribution in [2.45, 2.75) is 19.9 Å². The summed E-state index contributed by atoms with van der Waals surface area (Å²) < 4.78 is 35.0. The summed E-state index contributed by atoms with van der Waals surface area (Å²) in [6, 6.07) is 13.1. The topological polar surface area (TPSA) is 89.2 Å². The number of nitrogens with one attached hydrogen (secondary N) is 2. The molecule has 2 aromatic heterocycles. The van der Waals surface area contributed by atoms with E-state index in [0.29, 0.717) is 25.1 Å². The minimum atomic E-state index is -0.775. The summed E-state index contributed by atoms with van der Waals surface area (Å²) in [7, 11) is 0. The van der Waals surface area contributed by atoms with Crippen LogP contribution < -0.4 is 10.6 Å². The molecule has 2 heterocycles. The molecule has 2 aromatic carbocycles. The van der Waals surface area contributed by atoms with Crippen molar-refractivity contribution in [3.05, 3.63) is 108 Å². The maximum Gasteiger partial charge on any atom is 0.267 e. The maximum absolute atomic E-state index is 14.2. The molecule has 0 aliphatic heterocycles. The average molecular weight is 491 g/mol. The SMILES string of the molecule is Cc1ccc(C(=O)NC(=Cc2ccc(-c3ccc(F)cc3F)o2)C(=O)NCCCn2ccnc2)cc1. The van der Waals surface area contributed by atoms with Crippen LogP contribution in [0.4, 0.5) is 8.78 Å². The van der Waals surface area contributed by atoms with E-state index in [2.05, 4.69) is 15.6 Å². The minimum Gasteiger partial charge on any atom is -0.457 e. The van der Waals surface area contributed by atoms with Gasteiger partial charge in [0.25, 0.3) is 11.8 Å². The number of hydrogen-bond acceptors (Lipinski definition) is 4. The Morgan fingerprint density at radius 2 is 1.89 bits per heavy atom. The number of furan rings is 1. The van der Waals surface area contributed by atoms with E-state index in [1.807, 2.05) is 17.7 Å². The van der Waals surface area contributed by atoms with Gasteiger partial charge < -0.3 is 19.6 Å². The quantitative estimate of drug-likeness (QED) is 0.263. The van der Waals surface area contributed by atoms with Crippen molar-refractivity contribution < 1.29 is 22.8 Å². The number of amides is 2. The fourth-order valence-corrected chi connectivity index (χ4v) is 3.44. The van der Waals surface area contributed by atoms with Gasteiger partial charge in [-0.25, -0.2) is 13.8 Å². The summed E-state index contributed by atoms with van der Waals surface area (Å²) in [5.41, 5.74) is 1.41. The Bertz CT molecular complexity index is 1380. The molecule has 0 bridgehead atoms. The van der Waals surface area contributed by atoms with Crippen molar-refractivity contribution >= 4 is 17.9 Å². The third kappa shape index (κ3) is 6.32. The molecule has 2 amide bonds. The molecule has 7 nitrogen and oxygen atoms in total. The zero-order valence-electron chi connectivity index (χ0n) is 19.5. The number of imidazole rings is 1. The molecule has 0 spiro atoms. The van der Waals surface area contributed by atoms with Gasteiger partial charge in [-0.1, -0.05) is 17.7 Å². The Kier molecular flexibility index (Phi) is 7.69. The summed E-state index contributed by atoms with van der Waals surface area (Å²) in [6.07, 6.45) is 7.20. The Balaban J connectivity index is 1.52. The van der Waals surface area contributed by atoms with Crippen molar-refractivity contribution in [1.82, 2.24) is 20.2 Å². The molecule has 0 aliphatic carbocycles. The molecule has 4 aromatic rings. The van der Waals surface area contributed by atoms with E-state index in [4.69, 9.17) is 4.42 Å². The molecular formula is C27H24F2N4O3. The Morgan fingerprint density at radius 3 is 2.61 bits per heavy atom. The van der Waals surface area contributed by atoms with Gasteiger partial charge in [0.2, 0.25) is 0 Å². The van der Waals surface area contributed by atoms with E-state index in [9.17, 15) is 18.4 Å². The zero-order valence-corrected chi connectivity index (χ0v) is 19.5. The van der Waals surface area contributed by atoms with Crippen LogP contribution in [0.5, 0.6) is 0 Å². The van der Waals surface area contributed by atoms with Crippen molar-refractivity contribution in [2.75, 3.05) is 6.54 Å². The fourth-order valence-electron chi connectivity index (χ4n) is 3.44. The standard InChI is InChI=1S/C27H24F2N4O3/c1-18-3-5-19(6-4-18)26(34)32-24(27(35)31-11-2-13-33-14-12-30-17-33)16-21-8-10-25(36-21)22-9-7-20(28)15-23(22)29/h3-10,12,14-17H,2,11,13H2,1H3,(H,31,35)(H,32,34). The van der Waals surface area contributed by atoms with Gasteiger partial charge in [-0.2, -0.15) is 0 Å². The predicted molar refractivity (Wildman–Crippen MR) is 131 cm³/mol. The first-order valence-electron chi connectivity index (χ1n) is 11.3. The molecule has 4 rings (SSSR count). The van der Waals surface area contributed by atoms with Crippen molar-refractivity contribution in [3.8, 4) is 11.3 Å². The van der Waals surface area contributed by atoms with E-state index in [1.54, 1.807) is 36.8 Å². The predicted octanol–water partition coefficient (Wildman–Crippen LogP) is 4.71. The molecule has 0 saturated heterocycles. The fraction of sp³-hybridized carbons (Fsp3) is 0.148. The van der Waals surface area contributed by atoms with Crippen LogP contribution in [-0.4, -0.2) is 27.9 Å². The van der Waals surface area contributed by atoms with E-state index in [-0.39, 0.29) is 22.8 Å². The number of halogens is 2. The van der Waals surface area contributed by atoms with Crippen molar-refractivity contribution in [1.29, 1.82) is 0 Å². The van der Waals surface area contributed by atoms with Crippen LogP contribution in [0.3, 0.4) is 0 Å². The smallest absolute Gasteiger partial charge is 0.267 e. The monoisotopic (exact) mass is 490 g/mol. The molecule has 0 unspecified atom stereocenters. The van der Waals surface area contributed by atoms with Gasteiger partial charge >= 0.3 is 0 Å². The molecular weight excluding hydrogens is 466 g/mol. The number of aromatic nitrogens is 2. The summed E-state index contributed by atoms with van der Waals surface area (Å²) in [4.78, 5) is 29.7. The number of carbonyl (C=O) groups excluding carboxylic acids is 2. The lowest BCUT2D eigenvalue weighted by Gasteiger charge is -2.11. The van der Waals surface area contributed by atoms with E-state index < -0.39 is 23.4 Å². The molecule has 36 heavy (non-hydrogen) atoms. The van der Waals surface area contributed by atoms with Gasteiger partial charge in [-0.15, -0.1) is 0 Å². The Labute approximate surface area is 206 Å². The lowest BCUT2D eigenvalue weighted by molar-refractivity contribution is -0.117. The molecule has 0 fully saturated rings. The third-order valence-corrected chi connectivity index (χ3v) is 5.35. The van der Waals surface area contributed by atoms with Gasteiger partial charge in [0.15, 0.2) is 0 Å². The lowest BCUT2D eigenvalue weighted by Crippen LogP contribution is -2.35. The van der Waals surface area contributed by atoms with Crippen LogP contribution in [0, 0.1) is 18.6 Å². The second kappa shape index (κ2) is 11.3. The number of carbonyl (C=O) groups is 2. The molecule has 0 radical (unpaired) electrons. The van der Waals surface area contributed by atoms with Crippen LogP contribution in [0.15, 0.2) is 83.4 Å². The number of aryl methyl sites for hydroxylation is 2. The third-order valence-electron chi connectivity index (χ3n) is 5.35. The van der Waals surface area contributed by atoms with Gasteiger partial charge in [-0.3, -0.25) is 9.59 Å². The van der Waals surface area contributed by atoms with Gasteiger partial charge in [0.1, 0.15) is 28.9 Å². The van der Waals surface area contributed by atoms with E-state index in [0.717, 1.165) is 17.7 Å². The Morgan fingerprint density at radius 1 is 1.08 bits per heavy atom. The van der Waals surface area contributed by atoms with Crippen LogP contribution >= 0.6 is 0 Å². The maximum atomic E-state index is 14.2. The van der Waals surface area contributed by atoms with Crippen molar-refractivity contribution in [3.63, 3.8) is 0 Å². The summed E-state index contributed by atoms with van der Waals surface area (Å²) >= 11 is 0. The Hall–Kier alpha value is -4.53. The largest absolute Gasteiger partial charge is 0.457 e. The minimum absolute atomic E-state index is 0.0383. The summed E-state index contributed by atoms with van der Waals surface area (Å²) in [6.45, 7) is 2.93. The number of benzene rings is 2. The van der Waals surface area contributed by atoms with Gasteiger partial charge in [0.05, 0.1) is 11.9 Å². The van der Waals surface area contributed by atoms with Crippen molar-refractivity contribution in [2.24, 2.45) is 0 Å². The summed E-state index contributed by atoms with van der Waals surface area (Å²) in [5.74, 6) is -2.08. The number of hydrogen-bond donors (Lipinski definition) is 2. The number of rotatable bonds is 9. The van der Waals surface area contributed by atoms with Gasteiger partial charge in [0, 0.05) is 43.2 Å². The molecule has 2 N–H and O–H groups in total. The average Bonchev–Trinajstić information content (AvgIpc) is 3.54. The van der Waals surface area contributed by atoms with E-state index >= 15 is 0 Å². The molecule has 9 heteroatoms. The molecule has 0 atom stereocenters. The molecule has 184 valence electrons. The highest BCUT2D eigenvalue weighted by molar-refractivity contribution is 6.05. The highest BCUT2D eigenvalue weighted by atomic mass is 19.1. The van der Waals surface area contributed by atoms with E-state index in [1.165, 1.54) is 24.3 Å². The first kappa shape index (κ1) is 24.6.